The van der Waals surface area contributed by atoms with Crippen LogP contribution in [-0.4, -0.2) is 36.5 Å². The highest BCUT2D eigenvalue weighted by molar-refractivity contribution is 6.02. The topological polar surface area (TPSA) is 86.7 Å². The molecule has 1 heterocycles. The van der Waals surface area contributed by atoms with E-state index < -0.39 is 11.9 Å². The van der Waals surface area contributed by atoms with Crippen molar-refractivity contribution in [1.82, 2.24) is 5.32 Å². The molecule has 0 radical (unpaired) electrons. The Labute approximate surface area is 116 Å². The lowest BCUT2D eigenvalue weighted by Gasteiger charge is -2.20. The van der Waals surface area contributed by atoms with E-state index in [0.29, 0.717) is 16.8 Å². The molecule has 2 N–H and O–H groups in total. The van der Waals surface area contributed by atoms with Crippen LogP contribution < -0.4 is 10.2 Å². The lowest BCUT2D eigenvalue weighted by molar-refractivity contribution is -0.141. The number of hydrogen-bond donors (Lipinski definition) is 2. The number of benzene rings is 1. The van der Waals surface area contributed by atoms with Crippen molar-refractivity contribution in [3.63, 3.8) is 0 Å². The van der Waals surface area contributed by atoms with Crippen LogP contribution in [0, 0.1) is 12.8 Å². The molecule has 1 aliphatic heterocycles. The highest BCUT2D eigenvalue weighted by atomic mass is 16.4. The predicted octanol–water partition coefficient (Wildman–Crippen LogP) is 0.792. The minimum atomic E-state index is -0.971. The number of carbonyl (C=O) groups excluding carboxylic acids is 2. The molecular formula is C14H16N2O4. The molecule has 1 aliphatic rings. The van der Waals surface area contributed by atoms with Gasteiger partial charge in [-0.25, -0.2) is 0 Å². The van der Waals surface area contributed by atoms with Crippen molar-refractivity contribution < 1.29 is 19.5 Å². The molecule has 0 spiro atoms. The van der Waals surface area contributed by atoms with Crippen LogP contribution >= 0.6 is 0 Å². The summed E-state index contributed by atoms with van der Waals surface area (Å²) in [6.45, 7) is 1.90. The Hall–Kier alpha value is -2.37. The fourth-order valence-corrected chi connectivity index (χ4v) is 2.40. The highest BCUT2D eigenvalue weighted by Gasteiger charge is 2.35. The summed E-state index contributed by atoms with van der Waals surface area (Å²) in [4.78, 5) is 36.1. The first-order valence-corrected chi connectivity index (χ1v) is 6.30. The zero-order valence-corrected chi connectivity index (χ0v) is 11.3. The van der Waals surface area contributed by atoms with Crippen molar-refractivity contribution in [2.75, 3.05) is 18.5 Å². The second-order valence-electron chi connectivity index (χ2n) is 4.77. The Bertz CT molecular complexity index is 583. The zero-order valence-electron chi connectivity index (χ0n) is 11.3. The third-order valence-electron chi connectivity index (χ3n) is 3.54. The van der Waals surface area contributed by atoms with E-state index in [1.807, 2.05) is 0 Å². The first-order valence-electron chi connectivity index (χ1n) is 6.30. The summed E-state index contributed by atoms with van der Waals surface area (Å²) in [6, 6.07) is 5.09. The van der Waals surface area contributed by atoms with Gasteiger partial charge >= 0.3 is 5.97 Å². The second-order valence-corrected chi connectivity index (χ2v) is 4.77. The molecule has 6 nitrogen and oxygen atoms in total. The molecule has 0 aromatic heterocycles. The normalized spacial score (nSPS) is 18.2. The molecule has 2 rings (SSSR count). The third-order valence-corrected chi connectivity index (χ3v) is 3.54. The van der Waals surface area contributed by atoms with Crippen molar-refractivity contribution in [3.05, 3.63) is 29.3 Å². The van der Waals surface area contributed by atoms with Crippen LogP contribution in [0.2, 0.25) is 0 Å². The number of rotatable bonds is 3. The molecule has 0 saturated carbocycles. The standard InChI is InChI=1S/C14H16N2O4/c1-8-10(13(18)15-2)4-3-5-11(8)16-7-9(14(19)20)6-12(16)17/h3-5,9H,6-7H2,1-2H3,(H,15,18)(H,19,20). The molecule has 1 aromatic carbocycles. The summed E-state index contributed by atoms with van der Waals surface area (Å²) in [5.41, 5.74) is 1.75. The fraction of sp³-hybridized carbons (Fsp3) is 0.357. The third kappa shape index (κ3) is 2.36. The maximum atomic E-state index is 12.0. The summed E-state index contributed by atoms with van der Waals surface area (Å²) in [5.74, 6) is -2.12. The van der Waals surface area contributed by atoms with Crippen LogP contribution in [0.15, 0.2) is 18.2 Å². The summed E-state index contributed by atoms with van der Waals surface area (Å²) in [5, 5.41) is 11.5. The Balaban J connectivity index is 2.37. The van der Waals surface area contributed by atoms with E-state index in [2.05, 4.69) is 5.32 Å². The minimum Gasteiger partial charge on any atom is -0.481 e. The van der Waals surface area contributed by atoms with Crippen molar-refractivity contribution in [3.8, 4) is 0 Å². The van der Waals surface area contributed by atoms with Crippen molar-refractivity contribution >= 4 is 23.5 Å². The Kier molecular flexibility index (Phi) is 3.74. The number of carboxylic acids is 1. The van der Waals surface area contributed by atoms with E-state index in [1.54, 1.807) is 25.1 Å². The van der Waals surface area contributed by atoms with E-state index in [1.165, 1.54) is 11.9 Å². The van der Waals surface area contributed by atoms with Gasteiger partial charge in [-0.15, -0.1) is 0 Å². The van der Waals surface area contributed by atoms with Crippen LogP contribution in [0.4, 0.5) is 5.69 Å². The molecule has 0 bridgehead atoms. The molecule has 6 heteroatoms. The number of carbonyl (C=O) groups is 3. The van der Waals surface area contributed by atoms with E-state index in [-0.39, 0.29) is 24.8 Å². The Morgan fingerprint density at radius 1 is 1.40 bits per heavy atom. The highest BCUT2D eigenvalue weighted by Crippen LogP contribution is 2.29. The van der Waals surface area contributed by atoms with E-state index in [0.717, 1.165) is 0 Å². The lowest BCUT2D eigenvalue weighted by Crippen LogP contribution is -2.27. The van der Waals surface area contributed by atoms with Gasteiger partial charge in [0.05, 0.1) is 5.92 Å². The maximum Gasteiger partial charge on any atom is 0.308 e. The lowest BCUT2D eigenvalue weighted by atomic mass is 10.1. The van der Waals surface area contributed by atoms with Crippen molar-refractivity contribution in [1.29, 1.82) is 0 Å². The molecule has 1 unspecified atom stereocenters. The summed E-state index contributed by atoms with van der Waals surface area (Å²) in [6.07, 6.45) is -0.00102. The van der Waals surface area contributed by atoms with Gasteiger partial charge in [-0.05, 0) is 24.6 Å². The van der Waals surface area contributed by atoms with Gasteiger partial charge < -0.3 is 15.3 Å². The first kappa shape index (κ1) is 14.0. The number of nitrogens with zero attached hydrogens (tertiary/aromatic N) is 1. The quantitative estimate of drug-likeness (QED) is 0.854. The molecule has 106 valence electrons. The van der Waals surface area contributed by atoms with Crippen LogP contribution in [0.25, 0.3) is 0 Å². The molecular weight excluding hydrogens is 260 g/mol. The van der Waals surface area contributed by atoms with Crippen LogP contribution in [0.1, 0.15) is 22.3 Å². The molecule has 0 aliphatic carbocycles. The second kappa shape index (κ2) is 5.32. The molecule has 1 fully saturated rings. The monoisotopic (exact) mass is 276 g/mol. The average molecular weight is 276 g/mol. The van der Waals surface area contributed by atoms with Gasteiger partial charge in [-0.1, -0.05) is 6.07 Å². The van der Waals surface area contributed by atoms with Crippen LogP contribution in [-0.2, 0) is 9.59 Å². The van der Waals surface area contributed by atoms with Crippen LogP contribution in [0.3, 0.4) is 0 Å². The zero-order chi connectivity index (χ0) is 14.9. The van der Waals surface area contributed by atoms with Crippen molar-refractivity contribution in [2.24, 2.45) is 5.92 Å². The van der Waals surface area contributed by atoms with E-state index in [9.17, 15) is 14.4 Å². The number of hydrogen-bond acceptors (Lipinski definition) is 3. The molecule has 1 atom stereocenters. The summed E-state index contributed by atoms with van der Waals surface area (Å²) in [7, 11) is 1.54. The number of carboxylic acid groups (broad SMARTS) is 1. The van der Waals surface area contributed by atoms with Gasteiger partial charge in [0.25, 0.3) is 5.91 Å². The number of anilines is 1. The predicted molar refractivity (Wildman–Crippen MR) is 72.7 cm³/mol. The fourth-order valence-electron chi connectivity index (χ4n) is 2.40. The number of aliphatic carboxylic acids is 1. The van der Waals surface area contributed by atoms with Gasteiger partial charge in [0, 0.05) is 31.3 Å². The minimum absolute atomic E-state index is 0.00102. The van der Waals surface area contributed by atoms with Gasteiger partial charge in [-0.3, -0.25) is 14.4 Å². The molecule has 2 amide bonds. The van der Waals surface area contributed by atoms with Gasteiger partial charge in [-0.2, -0.15) is 0 Å². The summed E-state index contributed by atoms with van der Waals surface area (Å²) >= 11 is 0. The SMILES string of the molecule is CNC(=O)c1cccc(N2CC(C(=O)O)CC2=O)c1C. The van der Waals surface area contributed by atoms with Gasteiger partial charge in [0.2, 0.25) is 5.91 Å². The molecule has 1 saturated heterocycles. The molecule has 1 aromatic rings. The van der Waals surface area contributed by atoms with E-state index >= 15 is 0 Å². The molecule has 20 heavy (non-hydrogen) atoms. The number of amides is 2. The average Bonchev–Trinajstić information content (AvgIpc) is 2.80. The first-order chi connectivity index (χ1) is 9.45. The van der Waals surface area contributed by atoms with Crippen molar-refractivity contribution in [2.45, 2.75) is 13.3 Å². The van der Waals surface area contributed by atoms with Gasteiger partial charge in [0.15, 0.2) is 0 Å². The van der Waals surface area contributed by atoms with Gasteiger partial charge in [0.1, 0.15) is 0 Å². The van der Waals surface area contributed by atoms with E-state index in [4.69, 9.17) is 5.11 Å². The largest absolute Gasteiger partial charge is 0.481 e. The number of nitrogens with one attached hydrogen (secondary N) is 1. The Morgan fingerprint density at radius 3 is 2.65 bits per heavy atom. The van der Waals surface area contributed by atoms with Crippen LogP contribution in [0.5, 0.6) is 0 Å². The Morgan fingerprint density at radius 2 is 2.10 bits per heavy atom. The maximum absolute atomic E-state index is 12.0. The smallest absolute Gasteiger partial charge is 0.308 e. The summed E-state index contributed by atoms with van der Waals surface area (Å²) < 4.78 is 0.